The van der Waals surface area contributed by atoms with Gasteiger partial charge in [-0.05, 0) is 25.3 Å². The van der Waals surface area contributed by atoms with Gasteiger partial charge in [-0.3, -0.25) is 9.59 Å². The summed E-state index contributed by atoms with van der Waals surface area (Å²) in [4.78, 5) is 32.4. The highest BCUT2D eigenvalue weighted by atomic mass is 32.2. The third-order valence-corrected chi connectivity index (χ3v) is 7.91. The van der Waals surface area contributed by atoms with E-state index in [1.807, 2.05) is 17.5 Å². The second-order valence-electron chi connectivity index (χ2n) is 6.08. The summed E-state index contributed by atoms with van der Waals surface area (Å²) in [6.45, 7) is 3.72. The molecule has 2 aromatic rings. The number of thiophene rings is 1. The second-order valence-corrected chi connectivity index (χ2v) is 10.3. The zero-order chi connectivity index (χ0) is 18.9. The number of carbonyl (C=O) groups is 2. The maximum Gasteiger partial charge on any atom is 0.263 e. The maximum absolute atomic E-state index is 12.5. The largest absolute Gasteiger partial charge is 0.340 e. The van der Waals surface area contributed by atoms with Crippen molar-refractivity contribution in [1.29, 1.82) is 0 Å². The Morgan fingerprint density at radius 1 is 1.31 bits per heavy atom. The van der Waals surface area contributed by atoms with E-state index in [9.17, 15) is 18.0 Å². The highest BCUT2D eigenvalue weighted by Gasteiger charge is 2.29. The molecule has 2 aromatic heterocycles. The van der Waals surface area contributed by atoms with Crippen molar-refractivity contribution in [2.24, 2.45) is 0 Å². The van der Waals surface area contributed by atoms with Gasteiger partial charge in [-0.2, -0.15) is 0 Å². The van der Waals surface area contributed by atoms with Crippen molar-refractivity contribution in [2.45, 2.75) is 19.9 Å². The standard InChI is InChI=1S/C16H19N3O4S3/c1-10-13(25-15(18-10)12-4-3-7-24-12)14(20)17-11(2)16(21)19-5-8-26(22,23)9-6-19/h3-4,7,11H,5-6,8-9H2,1-2H3,(H,17,20). The van der Waals surface area contributed by atoms with Crippen LogP contribution in [0.15, 0.2) is 17.5 Å². The third kappa shape index (κ3) is 4.13. The van der Waals surface area contributed by atoms with E-state index >= 15 is 0 Å². The highest BCUT2D eigenvalue weighted by Crippen LogP contribution is 2.31. The molecule has 1 fully saturated rings. The molecule has 1 saturated heterocycles. The summed E-state index contributed by atoms with van der Waals surface area (Å²) < 4.78 is 23.0. The van der Waals surface area contributed by atoms with E-state index in [4.69, 9.17) is 0 Å². The molecule has 3 rings (SSSR count). The lowest BCUT2D eigenvalue weighted by Gasteiger charge is -2.29. The van der Waals surface area contributed by atoms with Crippen LogP contribution in [0.4, 0.5) is 0 Å². The lowest BCUT2D eigenvalue weighted by atomic mass is 10.2. The number of amides is 2. The number of aromatic nitrogens is 1. The fourth-order valence-electron chi connectivity index (χ4n) is 2.64. The first kappa shape index (κ1) is 19.0. The normalized spacial score (nSPS) is 17.7. The van der Waals surface area contributed by atoms with Crippen LogP contribution in [-0.2, 0) is 14.6 Å². The van der Waals surface area contributed by atoms with Crippen LogP contribution in [0.2, 0.25) is 0 Å². The Bertz CT molecular complexity index is 905. The Labute approximate surface area is 160 Å². The number of thiazole rings is 1. The maximum atomic E-state index is 12.5. The number of nitrogens with one attached hydrogen (secondary N) is 1. The van der Waals surface area contributed by atoms with E-state index in [0.29, 0.717) is 10.6 Å². The van der Waals surface area contributed by atoms with Gasteiger partial charge in [0.1, 0.15) is 15.9 Å². The molecular weight excluding hydrogens is 394 g/mol. The number of hydrogen-bond acceptors (Lipinski definition) is 7. The van der Waals surface area contributed by atoms with Crippen molar-refractivity contribution in [3.05, 3.63) is 28.1 Å². The van der Waals surface area contributed by atoms with E-state index in [-0.39, 0.29) is 36.4 Å². The number of carbonyl (C=O) groups excluding carboxylic acids is 2. The van der Waals surface area contributed by atoms with E-state index in [0.717, 1.165) is 9.88 Å². The van der Waals surface area contributed by atoms with Gasteiger partial charge in [0.2, 0.25) is 5.91 Å². The third-order valence-electron chi connectivity index (χ3n) is 4.11. The first-order valence-electron chi connectivity index (χ1n) is 8.08. The van der Waals surface area contributed by atoms with Crippen molar-refractivity contribution in [2.75, 3.05) is 24.6 Å². The average molecular weight is 414 g/mol. The minimum Gasteiger partial charge on any atom is -0.340 e. The predicted octanol–water partition coefficient (Wildman–Crippen LogP) is 1.56. The molecule has 1 unspecified atom stereocenters. The second kappa shape index (κ2) is 7.45. The Balaban J connectivity index is 1.65. The van der Waals surface area contributed by atoms with Crippen LogP contribution in [0.5, 0.6) is 0 Å². The summed E-state index contributed by atoms with van der Waals surface area (Å²) >= 11 is 2.85. The van der Waals surface area contributed by atoms with Gasteiger partial charge in [-0.15, -0.1) is 22.7 Å². The molecule has 10 heteroatoms. The first-order chi connectivity index (χ1) is 12.3. The number of rotatable bonds is 4. The summed E-state index contributed by atoms with van der Waals surface area (Å²) in [6.07, 6.45) is 0. The van der Waals surface area contributed by atoms with Crippen LogP contribution in [0.3, 0.4) is 0 Å². The molecular formula is C16H19N3O4S3. The molecule has 140 valence electrons. The van der Waals surface area contributed by atoms with Gasteiger partial charge in [-0.1, -0.05) is 6.07 Å². The predicted molar refractivity (Wildman–Crippen MR) is 102 cm³/mol. The van der Waals surface area contributed by atoms with Gasteiger partial charge in [0, 0.05) is 13.1 Å². The molecule has 0 aliphatic carbocycles. The Hall–Kier alpha value is -1.78. The van der Waals surface area contributed by atoms with Crippen molar-refractivity contribution >= 4 is 44.3 Å². The van der Waals surface area contributed by atoms with Gasteiger partial charge in [0.15, 0.2) is 9.84 Å². The van der Waals surface area contributed by atoms with E-state index in [2.05, 4.69) is 10.3 Å². The van der Waals surface area contributed by atoms with E-state index < -0.39 is 15.9 Å². The minimum absolute atomic E-state index is 0.0302. The molecule has 0 spiro atoms. The van der Waals surface area contributed by atoms with Gasteiger partial charge in [-0.25, -0.2) is 13.4 Å². The van der Waals surface area contributed by atoms with Crippen LogP contribution in [0.1, 0.15) is 22.3 Å². The molecule has 0 saturated carbocycles. The van der Waals surface area contributed by atoms with Crippen molar-refractivity contribution in [3.63, 3.8) is 0 Å². The molecule has 2 amide bonds. The molecule has 0 radical (unpaired) electrons. The molecule has 7 nitrogen and oxygen atoms in total. The minimum atomic E-state index is -3.05. The lowest BCUT2D eigenvalue weighted by Crippen LogP contribution is -2.51. The molecule has 1 aliphatic heterocycles. The Kier molecular flexibility index (Phi) is 5.44. The Morgan fingerprint density at radius 2 is 2.00 bits per heavy atom. The van der Waals surface area contributed by atoms with Gasteiger partial charge < -0.3 is 10.2 Å². The van der Waals surface area contributed by atoms with Crippen molar-refractivity contribution in [1.82, 2.24) is 15.2 Å². The fourth-order valence-corrected chi connectivity index (χ4v) is 5.61. The SMILES string of the molecule is Cc1nc(-c2cccs2)sc1C(=O)NC(C)C(=O)N1CCS(=O)(=O)CC1. The number of sulfone groups is 1. The smallest absolute Gasteiger partial charge is 0.263 e. The van der Waals surface area contributed by atoms with Gasteiger partial charge in [0.25, 0.3) is 5.91 Å². The van der Waals surface area contributed by atoms with Crippen LogP contribution in [-0.4, -0.2) is 60.8 Å². The van der Waals surface area contributed by atoms with Crippen molar-refractivity contribution < 1.29 is 18.0 Å². The lowest BCUT2D eigenvalue weighted by molar-refractivity contribution is -0.132. The number of nitrogens with zero attached hydrogens (tertiary/aromatic N) is 2. The monoisotopic (exact) mass is 413 g/mol. The molecule has 1 N–H and O–H groups in total. The first-order valence-corrected chi connectivity index (χ1v) is 11.6. The molecule has 0 bridgehead atoms. The Morgan fingerprint density at radius 3 is 2.62 bits per heavy atom. The van der Waals surface area contributed by atoms with Crippen LogP contribution >= 0.6 is 22.7 Å². The van der Waals surface area contributed by atoms with Crippen LogP contribution < -0.4 is 5.32 Å². The van der Waals surface area contributed by atoms with E-state index in [1.54, 1.807) is 25.2 Å². The van der Waals surface area contributed by atoms with E-state index in [1.165, 1.54) is 16.2 Å². The molecule has 0 aromatic carbocycles. The topological polar surface area (TPSA) is 96.4 Å². The highest BCUT2D eigenvalue weighted by molar-refractivity contribution is 7.91. The average Bonchev–Trinajstić information content (AvgIpc) is 3.23. The summed E-state index contributed by atoms with van der Waals surface area (Å²) in [7, 11) is -3.05. The summed E-state index contributed by atoms with van der Waals surface area (Å²) in [5.74, 6) is -0.670. The molecule has 26 heavy (non-hydrogen) atoms. The molecule has 1 atom stereocenters. The summed E-state index contributed by atoms with van der Waals surface area (Å²) in [6, 6.07) is 3.15. The quantitative estimate of drug-likeness (QED) is 0.820. The summed E-state index contributed by atoms with van der Waals surface area (Å²) in [5.41, 5.74) is 0.625. The van der Waals surface area contributed by atoms with Crippen LogP contribution in [0.25, 0.3) is 9.88 Å². The van der Waals surface area contributed by atoms with Gasteiger partial charge in [0.05, 0.1) is 22.1 Å². The summed E-state index contributed by atoms with van der Waals surface area (Å²) in [5, 5.41) is 5.44. The van der Waals surface area contributed by atoms with Crippen molar-refractivity contribution in [3.8, 4) is 9.88 Å². The zero-order valence-corrected chi connectivity index (χ0v) is 16.8. The number of hydrogen-bond donors (Lipinski definition) is 1. The molecule has 1 aliphatic rings. The van der Waals surface area contributed by atoms with Gasteiger partial charge >= 0.3 is 0 Å². The fraction of sp³-hybridized carbons (Fsp3) is 0.438. The molecule has 3 heterocycles. The number of aryl methyl sites for hydroxylation is 1. The zero-order valence-electron chi connectivity index (χ0n) is 14.4. The van der Waals surface area contributed by atoms with Crippen LogP contribution in [0, 0.1) is 6.92 Å².